The zero-order valence-electron chi connectivity index (χ0n) is 17.7. The van der Waals surface area contributed by atoms with Crippen LogP contribution in [0.2, 0.25) is 0 Å². The van der Waals surface area contributed by atoms with Crippen LogP contribution in [-0.4, -0.2) is 63.7 Å². The third-order valence-corrected chi connectivity index (χ3v) is 5.12. The minimum Gasteiger partial charge on any atom is -0.493 e. The number of anilines is 1. The number of rotatable bonds is 8. The van der Waals surface area contributed by atoms with Crippen molar-refractivity contribution in [3.63, 3.8) is 0 Å². The first kappa shape index (κ1) is 20.9. The Bertz CT molecular complexity index is 837. The first-order chi connectivity index (χ1) is 14.0. The van der Waals surface area contributed by atoms with Crippen LogP contribution in [0.15, 0.2) is 30.5 Å². The minimum atomic E-state index is -0.0800. The normalized spacial score (nSPS) is 13.2. The summed E-state index contributed by atoms with van der Waals surface area (Å²) in [6.45, 7) is 3.22. The summed E-state index contributed by atoms with van der Waals surface area (Å²) in [7, 11) is 7.35. The molecule has 1 aliphatic heterocycles. The Balaban J connectivity index is 1.63. The molecule has 1 aliphatic rings. The number of fused-ring (bicyclic) bond motifs is 1. The lowest BCUT2D eigenvalue weighted by atomic mass is 9.98. The number of nitrogens with one attached hydrogen (secondary N) is 1. The first-order valence-corrected chi connectivity index (χ1v) is 9.89. The molecule has 0 unspecified atom stereocenters. The smallest absolute Gasteiger partial charge is 0.252 e. The van der Waals surface area contributed by atoms with Gasteiger partial charge in [-0.1, -0.05) is 0 Å². The lowest BCUT2D eigenvalue weighted by Crippen LogP contribution is -2.31. The van der Waals surface area contributed by atoms with Crippen molar-refractivity contribution in [2.24, 2.45) is 0 Å². The van der Waals surface area contributed by atoms with Gasteiger partial charge >= 0.3 is 0 Å². The largest absolute Gasteiger partial charge is 0.493 e. The van der Waals surface area contributed by atoms with Crippen LogP contribution in [0, 0.1) is 0 Å². The van der Waals surface area contributed by atoms with E-state index in [2.05, 4.69) is 26.2 Å². The Labute approximate surface area is 172 Å². The van der Waals surface area contributed by atoms with E-state index in [1.54, 1.807) is 20.4 Å². The van der Waals surface area contributed by atoms with E-state index in [0.717, 1.165) is 49.8 Å². The first-order valence-electron chi connectivity index (χ1n) is 9.89. The zero-order chi connectivity index (χ0) is 20.8. The summed E-state index contributed by atoms with van der Waals surface area (Å²) in [6.07, 6.45) is 3.48. The summed E-state index contributed by atoms with van der Waals surface area (Å²) in [6, 6.07) is 7.85. The Morgan fingerprint density at radius 2 is 1.90 bits per heavy atom. The molecule has 0 radical (unpaired) electrons. The van der Waals surface area contributed by atoms with Gasteiger partial charge in [0, 0.05) is 25.8 Å². The fourth-order valence-corrected chi connectivity index (χ4v) is 3.49. The van der Waals surface area contributed by atoms with Gasteiger partial charge in [0.1, 0.15) is 5.82 Å². The highest BCUT2D eigenvalue weighted by atomic mass is 16.5. The summed E-state index contributed by atoms with van der Waals surface area (Å²) in [4.78, 5) is 21.1. The molecule has 0 spiro atoms. The van der Waals surface area contributed by atoms with Crippen molar-refractivity contribution >= 4 is 11.7 Å². The molecule has 29 heavy (non-hydrogen) atoms. The van der Waals surface area contributed by atoms with Crippen LogP contribution >= 0.6 is 0 Å². The van der Waals surface area contributed by atoms with Crippen LogP contribution in [0.3, 0.4) is 0 Å². The summed E-state index contributed by atoms with van der Waals surface area (Å²) in [5.41, 5.74) is 3.06. The number of hydrogen-bond donors (Lipinski definition) is 1. The quantitative estimate of drug-likeness (QED) is 0.689. The van der Waals surface area contributed by atoms with Gasteiger partial charge in [-0.25, -0.2) is 4.98 Å². The van der Waals surface area contributed by atoms with Gasteiger partial charge in [0.05, 0.1) is 19.8 Å². The average Bonchev–Trinajstić information content (AvgIpc) is 2.75. The molecule has 3 rings (SSSR count). The Hall–Kier alpha value is -2.80. The molecular weight excluding hydrogens is 368 g/mol. The fraction of sp³-hybridized carbons (Fsp3) is 0.455. The molecule has 0 atom stereocenters. The van der Waals surface area contributed by atoms with E-state index in [-0.39, 0.29) is 5.91 Å². The minimum absolute atomic E-state index is 0.0800. The number of amides is 1. The SMILES string of the molecule is COc1cc2c(cc1OC)CN(c1ccc(C(=O)NCCCN(C)C)cn1)CC2. The summed E-state index contributed by atoms with van der Waals surface area (Å²) in [5, 5.41) is 2.94. The van der Waals surface area contributed by atoms with Crippen molar-refractivity contribution in [2.45, 2.75) is 19.4 Å². The molecule has 0 saturated heterocycles. The molecule has 7 nitrogen and oxygen atoms in total. The van der Waals surface area contributed by atoms with E-state index in [1.165, 1.54) is 11.1 Å². The van der Waals surface area contributed by atoms with E-state index in [9.17, 15) is 4.79 Å². The predicted octanol–water partition coefficient (Wildman–Crippen LogP) is 2.34. The molecule has 0 aliphatic carbocycles. The molecule has 7 heteroatoms. The van der Waals surface area contributed by atoms with E-state index < -0.39 is 0 Å². The number of carbonyl (C=O) groups excluding carboxylic acids is 1. The second-order valence-corrected chi connectivity index (χ2v) is 7.47. The van der Waals surface area contributed by atoms with Crippen molar-refractivity contribution in [3.05, 3.63) is 47.2 Å². The van der Waals surface area contributed by atoms with Gasteiger partial charge in [-0.3, -0.25) is 4.79 Å². The molecular formula is C22H30N4O3. The van der Waals surface area contributed by atoms with Crippen molar-refractivity contribution < 1.29 is 14.3 Å². The van der Waals surface area contributed by atoms with E-state index in [0.29, 0.717) is 12.1 Å². The van der Waals surface area contributed by atoms with Crippen LogP contribution in [0.4, 0.5) is 5.82 Å². The Morgan fingerprint density at radius 1 is 1.17 bits per heavy atom. The van der Waals surface area contributed by atoms with Crippen LogP contribution in [-0.2, 0) is 13.0 Å². The monoisotopic (exact) mass is 398 g/mol. The third kappa shape index (κ3) is 5.17. The molecule has 1 aromatic carbocycles. The second kappa shape index (κ2) is 9.60. The molecule has 0 fully saturated rings. The van der Waals surface area contributed by atoms with Crippen LogP contribution in [0.1, 0.15) is 27.9 Å². The highest BCUT2D eigenvalue weighted by Gasteiger charge is 2.20. The molecule has 0 bridgehead atoms. The van der Waals surface area contributed by atoms with Crippen LogP contribution < -0.4 is 19.7 Å². The Kier molecular flexibility index (Phi) is 6.93. The summed E-state index contributed by atoms with van der Waals surface area (Å²) in [5.74, 6) is 2.29. The standard InChI is InChI=1S/C22H30N4O3/c1-25(2)10-5-9-23-22(27)17-6-7-21(24-14-17)26-11-8-16-12-19(28-3)20(29-4)13-18(16)15-26/h6-7,12-14H,5,8-11,15H2,1-4H3,(H,23,27). The van der Waals surface area contributed by atoms with Gasteiger partial charge in [-0.15, -0.1) is 0 Å². The van der Waals surface area contributed by atoms with Gasteiger partial charge < -0.3 is 24.6 Å². The summed E-state index contributed by atoms with van der Waals surface area (Å²) >= 11 is 0. The van der Waals surface area contributed by atoms with E-state index in [4.69, 9.17) is 9.47 Å². The molecule has 0 saturated carbocycles. The maximum absolute atomic E-state index is 12.3. The van der Waals surface area contributed by atoms with Crippen molar-refractivity contribution in [2.75, 3.05) is 52.8 Å². The van der Waals surface area contributed by atoms with Gasteiger partial charge in [-0.05, 0) is 68.9 Å². The lowest BCUT2D eigenvalue weighted by Gasteiger charge is -2.30. The molecule has 2 heterocycles. The topological polar surface area (TPSA) is 66.9 Å². The van der Waals surface area contributed by atoms with Gasteiger partial charge in [-0.2, -0.15) is 0 Å². The van der Waals surface area contributed by atoms with Crippen molar-refractivity contribution in [1.29, 1.82) is 0 Å². The number of aromatic nitrogens is 1. The zero-order valence-corrected chi connectivity index (χ0v) is 17.7. The predicted molar refractivity (Wildman–Crippen MR) is 114 cm³/mol. The highest BCUT2D eigenvalue weighted by Crippen LogP contribution is 2.34. The maximum atomic E-state index is 12.3. The number of hydrogen-bond acceptors (Lipinski definition) is 6. The fourth-order valence-electron chi connectivity index (χ4n) is 3.49. The van der Waals surface area contributed by atoms with Crippen LogP contribution in [0.5, 0.6) is 11.5 Å². The molecule has 1 aromatic heterocycles. The summed E-state index contributed by atoms with van der Waals surface area (Å²) < 4.78 is 10.8. The number of carbonyl (C=O) groups is 1. The van der Waals surface area contributed by atoms with E-state index in [1.807, 2.05) is 32.3 Å². The number of benzene rings is 1. The van der Waals surface area contributed by atoms with Crippen LogP contribution in [0.25, 0.3) is 0 Å². The van der Waals surface area contributed by atoms with Crippen molar-refractivity contribution in [1.82, 2.24) is 15.2 Å². The number of pyridine rings is 1. The van der Waals surface area contributed by atoms with E-state index >= 15 is 0 Å². The average molecular weight is 399 g/mol. The number of nitrogens with zero attached hydrogens (tertiary/aromatic N) is 3. The molecule has 2 aromatic rings. The highest BCUT2D eigenvalue weighted by molar-refractivity contribution is 5.94. The van der Waals surface area contributed by atoms with Gasteiger partial charge in [0.25, 0.3) is 5.91 Å². The number of methoxy groups -OCH3 is 2. The third-order valence-electron chi connectivity index (χ3n) is 5.12. The molecule has 156 valence electrons. The number of ether oxygens (including phenoxy) is 2. The van der Waals surface area contributed by atoms with Gasteiger partial charge in [0.2, 0.25) is 0 Å². The van der Waals surface area contributed by atoms with Crippen molar-refractivity contribution in [3.8, 4) is 11.5 Å². The second-order valence-electron chi connectivity index (χ2n) is 7.47. The molecule has 1 N–H and O–H groups in total. The lowest BCUT2D eigenvalue weighted by molar-refractivity contribution is 0.0952. The molecule has 1 amide bonds. The Morgan fingerprint density at radius 3 is 2.52 bits per heavy atom. The maximum Gasteiger partial charge on any atom is 0.252 e. The van der Waals surface area contributed by atoms with Gasteiger partial charge in [0.15, 0.2) is 11.5 Å².